The number of hydrogen-bond donors (Lipinski definition) is 0. The Morgan fingerprint density at radius 1 is 0.571 bits per heavy atom. The van der Waals surface area contributed by atoms with Crippen LogP contribution in [0, 0.1) is 17.8 Å². The second kappa shape index (κ2) is 18.3. The van der Waals surface area contributed by atoms with E-state index in [-0.39, 0.29) is 0 Å². The van der Waals surface area contributed by atoms with E-state index >= 15 is 0 Å². The zero-order valence-electron chi connectivity index (χ0n) is 20.5. The summed E-state index contributed by atoms with van der Waals surface area (Å²) in [5, 5.41) is 0. The molecular formula is C28H52. The Morgan fingerprint density at radius 3 is 1.50 bits per heavy atom. The van der Waals surface area contributed by atoms with Crippen LogP contribution in [-0.2, 0) is 12.8 Å². The van der Waals surface area contributed by atoms with Crippen molar-refractivity contribution in [3.05, 3.63) is 35.4 Å². The van der Waals surface area contributed by atoms with Gasteiger partial charge in [0.05, 0.1) is 0 Å². The molecule has 0 heterocycles. The molecule has 0 saturated heterocycles. The van der Waals surface area contributed by atoms with Crippen molar-refractivity contribution < 1.29 is 0 Å². The van der Waals surface area contributed by atoms with Crippen LogP contribution in [0.2, 0.25) is 0 Å². The molecule has 2 saturated carbocycles. The lowest BCUT2D eigenvalue weighted by atomic mass is 9.74. The molecule has 0 heteroatoms. The third-order valence-corrected chi connectivity index (χ3v) is 6.31. The van der Waals surface area contributed by atoms with Crippen molar-refractivity contribution in [2.24, 2.45) is 17.8 Å². The molecule has 0 bridgehead atoms. The van der Waals surface area contributed by atoms with Gasteiger partial charge in [0.15, 0.2) is 0 Å². The van der Waals surface area contributed by atoms with Gasteiger partial charge in [-0.2, -0.15) is 0 Å². The van der Waals surface area contributed by atoms with Crippen molar-refractivity contribution in [1.29, 1.82) is 0 Å². The van der Waals surface area contributed by atoms with E-state index < -0.39 is 0 Å². The van der Waals surface area contributed by atoms with Crippen LogP contribution in [0.3, 0.4) is 0 Å². The smallest absolute Gasteiger partial charge is 0.0250 e. The molecule has 28 heavy (non-hydrogen) atoms. The molecule has 164 valence electrons. The van der Waals surface area contributed by atoms with E-state index in [2.05, 4.69) is 31.2 Å². The summed E-state index contributed by atoms with van der Waals surface area (Å²) in [6.07, 6.45) is 17.6. The molecule has 0 radical (unpaired) electrons. The molecule has 2 fully saturated rings. The Hall–Kier alpha value is -0.780. The van der Waals surface area contributed by atoms with E-state index in [1.807, 2.05) is 41.5 Å². The van der Waals surface area contributed by atoms with Gasteiger partial charge in [-0.15, -0.1) is 0 Å². The molecule has 1 aromatic carbocycles. The highest BCUT2D eigenvalue weighted by molar-refractivity contribution is 5.22. The zero-order chi connectivity index (χ0) is 21.2. The van der Waals surface area contributed by atoms with Crippen LogP contribution in [-0.4, -0.2) is 0 Å². The highest BCUT2D eigenvalue weighted by atomic mass is 14.3. The van der Waals surface area contributed by atoms with Gasteiger partial charge in [0, 0.05) is 0 Å². The van der Waals surface area contributed by atoms with Gasteiger partial charge in [0.1, 0.15) is 0 Å². The van der Waals surface area contributed by atoms with Gasteiger partial charge in [0.2, 0.25) is 0 Å². The topological polar surface area (TPSA) is 0 Å². The van der Waals surface area contributed by atoms with E-state index in [0.717, 1.165) is 24.2 Å². The summed E-state index contributed by atoms with van der Waals surface area (Å²) in [6, 6.07) is 9.38. The van der Waals surface area contributed by atoms with E-state index in [9.17, 15) is 0 Å². The maximum absolute atomic E-state index is 2.37. The molecule has 0 spiro atoms. The second-order valence-corrected chi connectivity index (χ2v) is 8.00. The molecule has 2 aliphatic carbocycles. The van der Waals surface area contributed by atoms with E-state index in [1.54, 1.807) is 12.0 Å². The van der Waals surface area contributed by atoms with Crippen LogP contribution in [0.1, 0.15) is 124 Å². The summed E-state index contributed by atoms with van der Waals surface area (Å²) in [4.78, 5) is 0. The Labute approximate surface area is 178 Å². The third-order valence-electron chi connectivity index (χ3n) is 6.31. The van der Waals surface area contributed by atoms with Crippen molar-refractivity contribution in [3.8, 4) is 0 Å². The lowest BCUT2D eigenvalue weighted by Gasteiger charge is -2.32. The number of rotatable bonds is 5. The van der Waals surface area contributed by atoms with Crippen molar-refractivity contribution >= 4 is 0 Å². The van der Waals surface area contributed by atoms with Crippen LogP contribution in [0.25, 0.3) is 0 Å². The lowest BCUT2D eigenvalue weighted by molar-refractivity contribution is 0.211. The van der Waals surface area contributed by atoms with E-state index in [0.29, 0.717) is 0 Å². The molecule has 0 aliphatic heterocycles. The molecule has 0 amide bonds. The number of benzene rings is 1. The molecule has 3 rings (SSSR count). The van der Waals surface area contributed by atoms with Crippen LogP contribution in [0.4, 0.5) is 0 Å². The van der Waals surface area contributed by atoms with Gasteiger partial charge in [-0.25, -0.2) is 0 Å². The van der Waals surface area contributed by atoms with Gasteiger partial charge in [0.25, 0.3) is 0 Å². The first-order chi connectivity index (χ1) is 13.8. The normalized spacial score (nSPS) is 21.8. The van der Waals surface area contributed by atoms with Crippen LogP contribution in [0.15, 0.2) is 24.3 Å². The Kier molecular flexibility index (Phi) is 17.8. The first-order valence-corrected chi connectivity index (χ1v) is 12.9. The monoisotopic (exact) mass is 388 g/mol. The van der Waals surface area contributed by atoms with Gasteiger partial charge in [-0.1, -0.05) is 118 Å². The maximum Gasteiger partial charge on any atom is -0.0250 e. The standard InChI is InChI=1S/C22H34.3C2H6/c1-2-18-8-10-20(11-9-18)17-22-14-12-21(13-15-22)16-19-6-4-3-5-7-19;3*1-2/h8-11,19,21-22H,2-7,12-17H2,1H3;3*1-2H3. The largest absolute Gasteiger partial charge is 0.0683 e. The predicted molar refractivity (Wildman–Crippen MR) is 130 cm³/mol. The average Bonchev–Trinajstić information content (AvgIpc) is 2.80. The first-order valence-electron chi connectivity index (χ1n) is 12.9. The fourth-order valence-electron chi connectivity index (χ4n) is 4.81. The van der Waals surface area contributed by atoms with Gasteiger partial charge < -0.3 is 0 Å². The summed E-state index contributed by atoms with van der Waals surface area (Å²) < 4.78 is 0. The van der Waals surface area contributed by atoms with Crippen molar-refractivity contribution in [3.63, 3.8) is 0 Å². The SMILES string of the molecule is CC.CC.CC.CCc1ccc(CC2CCC(CC3CCCCC3)CC2)cc1. The minimum Gasteiger partial charge on any atom is -0.0683 e. The van der Waals surface area contributed by atoms with Gasteiger partial charge in [-0.3, -0.25) is 0 Å². The molecule has 0 atom stereocenters. The summed E-state index contributed by atoms with van der Waals surface area (Å²) >= 11 is 0. The lowest BCUT2D eigenvalue weighted by Crippen LogP contribution is -2.19. The Morgan fingerprint density at radius 2 is 1.00 bits per heavy atom. The summed E-state index contributed by atoms with van der Waals surface area (Å²) in [6.45, 7) is 14.2. The fraction of sp³-hybridized carbons (Fsp3) is 0.786. The molecular weight excluding hydrogens is 336 g/mol. The summed E-state index contributed by atoms with van der Waals surface area (Å²) in [5.41, 5.74) is 3.04. The molecule has 0 N–H and O–H groups in total. The Bertz CT molecular complexity index is 416. The van der Waals surface area contributed by atoms with Crippen molar-refractivity contribution in [1.82, 2.24) is 0 Å². The first kappa shape index (κ1) is 27.2. The second-order valence-electron chi connectivity index (χ2n) is 8.00. The van der Waals surface area contributed by atoms with Crippen LogP contribution in [0.5, 0.6) is 0 Å². The highest BCUT2D eigenvalue weighted by Gasteiger charge is 2.24. The minimum absolute atomic E-state index is 0.954. The Balaban J connectivity index is 0.00000111. The van der Waals surface area contributed by atoms with Crippen molar-refractivity contribution in [2.45, 2.75) is 126 Å². The maximum atomic E-state index is 2.37. The van der Waals surface area contributed by atoms with Gasteiger partial charge in [-0.05, 0) is 61.0 Å². The number of aryl methyl sites for hydroxylation is 1. The number of hydrogen-bond acceptors (Lipinski definition) is 0. The van der Waals surface area contributed by atoms with Gasteiger partial charge >= 0.3 is 0 Å². The quantitative estimate of drug-likeness (QED) is 0.471. The fourth-order valence-corrected chi connectivity index (χ4v) is 4.81. The molecule has 0 aromatic heterocycles. The molecule has 1 aromatic rings. The molecule has 2 aliphatic rings. The summed E-state index contributed by atoms with van der Waals surface area (Å²) in [5.74, 6) is 3.09. The average molecular weight is 389 g/mol. The van der Waals surface area contributed by atoms with Crippen LogP contribution >= 0.6 is 0 Å². The van der Waals surface area contributed by atoms with E-state index in [4.69, 9.17) is 0 Å². The van der Waals surface area contributed by atoms with E-state index in [1.165, 1.54) is 69.8 Å². The summed E-state index contributed by atoms with van der Waals surface area (Å²) in [7, 11) is 0. The predicted octanol–water partition coefficient (Wildman–Crippen LogP) is 9.65. The third kappa shape index (κ3) is 10.7. The highest BCUT2D eigenvalue weighted by Crippen LogP contribution is 2.37. The van der Waals surface area contributed by atoms with Crippen LogP contribution < -0.4 is 0 Å². The van der Waals surface area contributed by atoms with Crippen molar-refractivity contribution in [2.75, 3.05) is 0 Å². The molecule has 0 nitrogen and oxygen atoms in total. The zero-order valence-corrected chi connectivity index (χ0v) is 20.5. The minimum atomic E-state index is 0.954. The molecule has 0 unspecified atom stereocenters.